The number of alkyl halides is 2. The molecule has 9 heteroatoms. The molecule has 0 saturated carbocycles. The second kappa shape index (κ2) is 9.40. The lowest BCUT2D eigenvalue weighted by molar-refractivity contribution is -0.133. The Hall–Kier alpha value is -2.55. The number of likely N-dealkylation sites (N-methyl/N-ethyl adjacent to an activating group) is 1. The molecular weight excluding hydrogens is 431 g/mol. The van der Waals surface area contributed by atoms with E-state index in [1.54, 1.807) is 0 Å². The first-order chi connectivity index (χ1) is 12.8. The summed E-state index contributed by atoms with van der Waals surface area (Å²) in [5, 5.41) is 0. The fourth-order valence-corrected chi connectivity index (χ4v) is 2.52. The third-order valence-electron chi connectivity index (χ3n) is 3.47. The van der Waals surface area contributed by atoms with Crippen LogP contribution >= 0.6 is 15.9 Å². The van der Waals surface area contributed by atoms with Crippen LogP contribution in [0.25, 0.3) is 0 Å². The van der Waals surface area contributed by atoms with Gasteiger partial charge in [-0.2, -0.15) is 8.78 Å². The summed E-state index contributed by atoms with van der Waals surface area (Å²) >= 11 is 3.11. The van der Waals surface area contributed by atoms with Crippen molar-refractivity contribution in [2.45, 2.75) is 13.2 Å². The Balaban J connectivity index is 1.88. The van der Waals surface area contributed by atoms with Crippen LogP contribution in [0.15, 0.2) is 46.9 Å². The van der Waals surface area contributed by atoms with Gasteiger partial charge in [0, 0.05) is 18.1 Å². The molecule has 0 radical (unpaired) electrons. The van der Waals surface area contributed by atoms with E-state index in [2.05, 4.69) is 20.7 Å². The van der Waals surface area contributed by atoms with Gasteiger partial charge in [0.05, 0.1) is 5.56 Å². The molecule has 0 aromatic heterocycles. The minimum atomic E-state index is -2.91. The predicted octanol–water partition coefficient (Wildman–Crippen LogP) is 4.01. The van der Waals surface area contributed by atoms with Gasteiger partial charge < -0.3 is 14.4 Å². The molecule has 2 aromatic carbocycles. The summed E-state index contributed by atoms with van der Waals surface area (Å²) in [4.78, 5) is 25.4. The van der Waals surface area contributed by atoms with Gasteiger partial charge in [-0.25, -0.2) is 9.18 Å². The molecule has 1 amide bonds. The number of esters is 1. The number of amides is 1. The van der Waals surface area contributed by atoms with Crippen LogP contribution in [-0.2, 0) is 16.1 Å². The lowest BCUT2D eigenvalue weighted by Crippen LogP contribution is -2.30. The predicted molar refractivity (Wildman–Crippen MR) is 93.9 cm³/mol. The monoisotopic (exact) mass is 445 g/mol. The molecule has 0 spiro atoms. The van der Waals surface area contributed by atoms with Gasteiger partial charge in [-0.1, -0.05) is 12.1 Å². The molecule has 0 N–H and O–H groups in total. The molecule has 0 atom stereocenters. The van der Waals surface area contributed by atoms with Crippen molar-refractivity contribution < 1.29 is 32.2 Å². The lowest BCUT2D eigenvalue weighted by Gasteiger charge is -2.17. The minimum Gasteiger partial charge on any atom is -0.452 e. The molecule has 0 aliphatic heterocycles. The van der Waals surface area contributed by atoms with E-state index in [-0.39, 0.29) is 17.9 Å². The third kappa shape index (κ3) is 6.28. The van der Waals surface area contributed by atoms with E-state index in [4.69, 9.17) is 4.74 Å². The van der Waals surface area contributed by atoms with Crippen molar-refractivity contribution in [1.29, 1.82) is 0 Å². The molecule has 0 unspecified atom stereocenters. The van der Waals surface area contributed by atoms with Crippen molar-refractivity contribution in [3.8, 4) is 5.75 Å². The quantitative estimate of drug-likeness (QED) is 0.604. The molecule has 2 aromatic rings. The average molecular weight is 446 g/mol. The standard InChI is InChI=1S/C18H15BrF3NO4/c1-23(9-11-2-5-13(6-3-11)27-18(21)22)16(24)10-26-17(25)14-8-12(20)4-7-15(14)19/h2-8,18H,9-10H2,1H3. The van der Waals surface area contributed by atoms with Crippen LogP contribution in [0.4, 0.5) is 13.2 Å². The molecule has 5 nitrogen and oxygen atoms in total. The number of ether oxygens (including phenoxy) is 2. The fraction of sp³-hybridized carbons (Fsp3) is 0.222. The highest BCUT2D eigenvalue weighted by Crippen LogP contribution is 2.19. The number of rotatable bonds is 7. The van der Waals surface area contributed by atoms with Crippen LogP contribution in [0, 0.1) is 5.82 Å². The number of hydrogen-bond donors (Lipinski definition) is 0. The largest absolute Gasteiger partial charge is 0.452 e. The van der Waals surface area contributed by atoms with Gasteiger partial charge in [-0.15, -0.1) is 0 Å². The number of nitrogens with zero attached hydrogens (tertiary/aromatic N) is 1. The zero-order valence-electron chi connectivity index (χ0n) is 14.1. The van der Waals surface area contributed by atoms with E-state index >= 15 is 0 Å². The number of carbonyl (C=O) groups excluding carboxylic acids is 2. The van der Waals surface area contributed by atoms with E-state index in [1.807, 2.05) is 0 Å². The highest BCUT2D eigenvalue weighted by Gasteiger charge is 2.16. The van der Waals surface area contributed by atoms with E-state index in [9.17, 15) is 22.8 Å². The summed E-state index contributed by atoms with van der Waals surface area (Å²) in [7, 11) is 1.50. The van der Waals surface area contributed by atoms with Gasteiger partial charge in [-0.3, -0.25) is 4.79 Å². The summed E-state index contributed by atoms with van der Waals surface area (Å²) in [5.41, 5.74) is 0.645. The Kier molecular flexibility index (Phi) is 7.23. The average Bonchev–Trinajstić information content (AvgIpc) is 2.62. The maximum atomic E-state index is 13.2. The Morgan fingerprint density at radius 3 is 2.44 bits per heavy atom. The first-order valence-corrected chi connectivity index (χ1v) is 8.45. The Labute approximate surface area is 161 Å². The SMILES string of the molecule is CN(Cc1ccc(OC(F)F)cc1)C(=O)COC(=O)c1cc(F)ccc1Br. The van der Waals surface area contributed by atoms with Gasteiger partial charge in [0.2, 0.25) is 0 Å². The third-order valence-corrected chi connectivity index (χ3v) is 4.16. The smallest absolute Gasteiger partial charge is 0.387 e. The molecule has 2 rings (SSSR count). The normalized spacial score (nSPS) is 10.6. The van der Waals surface area contributed by atoms with Crippen LogP contribution in [0.3, 0.4) is 0 Å². The van der Waals surface area contributed by atoms with E-state index in [0.717, 1.165) is 6.07 Å². The highest BCUT2D eigenvalue weighted by molar-refractivity contribution is 9.10. The summed E-state index contributed by atoms with van der Waals surface area (Å²) < 4.78 is 47.0. The molecule has 144 valence electrons. The summed E-state index contributed by atoms with van der Waals surface area (Å²) in [5.74, 6) is -1.91. The van der Waals surface area contributed by atoms with Gasteiger partial charge in [-0.05, 0) is 51.8 Å². The zero-order valence-corrected chi connectivity index (χ0v) is 15.7. The minimum absolute atomic E-state index is 0.0114. The Morgan fingerprint density at radius 2 is 1.81 bits per heavy atom. The van der Waals surface area contributed by atoms with Crippen LogP contribution in [0.5, 0.6) is 5.75 Å². The van der Waals surface area contributed by atoms with Crippen molar-refractivity contribution in [2.75, 3.05) is 13.7 Å². The van der Waals surface area contributed by atoms with E-state index < -0.39 is 30.9 Å². The van der Waals surface area contributed by atoms with Crippen LogP contribution in [0.2, 0.25) is 0 Å². The summed E-state index contributed by atoms with van der Waals surface area (Å²) in [6.07, 6.45) is 0. The van der Waals surface area contributed by atoms with Crippen molar-refractivity contribution in [2.24, 2.45) is 0 Å². The van der Waals surface area contributed by atoms with Gasteiger partial charge in [0.25, 0.3) is 5.91 Å². The second-order valence-electron chi connectivity index (χ2n) is 5.47. The van der Waals surface area contributed by atoms with Crippen molar-refractivity contribution in [3.63, 3.8) is 0 Å². The number of halogens is 4. The highest BCUT2D eigenvalue weighted by atomic mass is 79.9. The fourth-order valence-electron chi connectivity index (χ4n) is 2.11. The number of carbonyl (C=O) groups is 2. The molecule has 0 heterocycles. The Bertz CT molecular complexity index is 815. The molecule has 0 fully saturated rings. The molecule has 0 saturated heterocycles. The van der Waals surface area contributed by atoms with Gasteiger partial charge >= 0.3 is 12.6 Å². The maximum Gasteiger partial charge on any atom is 0.387 e. The molecule has 0 aliphatic rings. The number of hydrogen-bond acceptors (Lipinski definition) is 4. The lowest BCUT2D eigenvalue weighted by atomic mass is 10.2. The zero-order chi connectivity index (χ0) is 20.0. The van der Waals surface area contributed by atoms with E-state index in [1.165, 1.54) is 48.3 Å². The van der Waals surface area contributed by atoms with Crippen molar-refractivity contribution in [3.05, 3.63) is 63.9 Å². The van der Waals surface area contributed by atoms with E-state index in [0.29, 0.717) is 10.0 Å². The Morgan fingerprint density at radius 1 is 1.15 bits per heavy atom. The second-order valence-corrected chi connectivity index (χ2v) is 6.33. The first kappa shape index (κ1) is 20.8. The summed E-state index contributed by atoms with van der Waals surface area (Å²) in [6.45, 7) is -3.26. The van der Waals surface area contributed by atoms with Gasteiger partial charge in [0.15, 0.2) is 6.61 Å². The molecular formula is C18H15BrF3NO4. The van der Waals surface area contributed by atoms with Crippen molar-refractivity contribution >= 4 is 27.8 Å². The van der Waals surface area contributed by atoms with Crippen LogP contribution < -0.4 is 4.74 Å². The van der Waals surface area contributed by atoms with Crippen LogP contribution in [-0.4, -0.2) is 37.0 Å². The first-order valence-electron chi connectivity index (χ1n) is 7.66. The number of benzene rings is 2. The molecule has 0 bridgehead atoms. The van der Waals surface area contributed by atoms with Gasteiger partial charge in [0.1, 0.15) is 11.6 Å². The summed E-state index contributed by atoms with van der Waals surface area (Å²) in [6, 6.07) is 9.35. The van der Waals surface area contributed by atoms with Crippen LogP contribution in [0.1, 0.15) is 15.9 Å². The molecule has 27 heavy (non-hydrogen) atoms. The molecule has 0 aliphatic carbocycles. The topological polar surface area (TPSA) is 55.8 Å². The van der Waals surface area contributed by atoms with Crippen molar-refractivity contribution in [1.82, 2.24) is 4.90 Å². The maximum absolute atomic E-state index is 13.2.